The zero-order chi connectivity index (χ0) is 19.5. The first-order valence-corrected chi connectivity index (χ1v) is 10.2. The molecule has 1 saturated carbocycles. The number of nitrogens with one attached hydrogen (secondary N) is 2. The molecule has 28 heavy (non-hydrogen) atoms. The summed E-state index contributed by atoms with van der Waals surface area (Å²) in [5.41, 5.74) is -0.00368. The van der Waals surface area contributed by atoms with Crippen LogP contribution < -0.4 is 10.6 Å². The van der Waals surface area contributed by atoms with Crippen LogP contribution in [0.3, 0.4) is 0 Å². The second kappa shape index (κ2) is 9.84. The molecule has 0 aromatic carbocycles. The molecule has 3 fully saturated rings. The summed E-state index contributed by atoms with van der Waals surface area (Å²) in [5.74, 6) is 0.0557. The van der Waals surface area contributed by atoms with Crippen LogP contribution in [0.1, 0.15) is 51.9 Å². The van der Waals surface area contributed by atoms with E-state index in [4.69, 9.17) is 4.99 Å². The predicted octanol–water partition coefficient (Wildman–Crippen LogP) is 3.54. The second-order valence-electron chi connectivity index (χ2n) is 8.43. The van der Waals surface area contributed by atoms with Gasteiger partial charge in [-0.25, -0.2) is 0 Å². The highest BCUT2D eigenvalue weighted by atomic mass is 127. The number of alkyl halides is 3. The number of guanidine groups is 1. The number of aliphatic imine (C=N–C) groups is 1. The largest absolute Gasteiger partial charge is 0.391 e. The first kappa shape index (κ1) is 23.5. The van der Waals surface area contributed by atoms with Crippen LogP contribution in [0.4, 0.5) is 13.2 Å². The van der Waals surface area contributed by atoms with Gasteiger partial charge >= 0.3 is 6.18 Å². The third-order valence-corrected chi connectivity index (χ3v) is 6.30. The van der Waals surface area contributed by atoms with E-state index in [1.54, 1.807) is 0 Å². The van der Waals surface area contributed by atoms with Crippen molar-refractivity contribution in [2.24, 2.45) is 22.2 Å². The Labute approximate surface area is 182 Å². The maximum absolute atomic E-state index is 12.8. The molecule has 0 bridgehead atoms. The van der Waals surface area contributed by atoms with Crippen LogP contribution in [0.5, 0.6) is 0 Å². The van der Waals surface area contributed by atoms with E-state index in [1.165, 1.54) is 0 Å². The standard InChI is InChI=1S/C19H31F3N4O.HI/c1-2-23-17(24-11-14-4-6-15(7-5-14)19(20,21)22)26-9-3-8-18(13-26)10-16(27)25-12-18;/h14-15H,2-13H2,1H3,(H,23,24)(H,25,27);1H. The zero-order valence-corrected chi connectivity index (χ0v) is 18.8. The fraction of sp³-hybridized carbons (Fsp3) is 0.895. The molecule has 3 rings (SSSR count). The highest BCUT2D eigenvalue weighted by Gasteiger charge is 2.43. The maximum Gasteiger partial charge on any atom is 0.391 e. The van der Waals surface area contributed by atoms with Crippen LogP contribution >= 0.6 is 24.0 Å². The van der Waals surface area contributed by atoms with Gasteiger partial charge in [0.1, 0.15) is 0 Å². The maximum atomic E-state index is 12.8. The molecule has 1 spiro atoms. The summed E-state index contributed by atoms with van der Waals surface area (Å²) in [4.78, 5) is 18.7. The van der Waals surface area contributed by atoms with E-state index >= 15 is 0 Å². The molecule has 2 aliphatic heterocycles. The van der Waals surface area contributed by atoms with Crippen LogP contribution in [-0.4, -0.2) is 55.7 Å². The van der Waals surface area contributed by atoms with Gasteiger partial charge in [-0.3, -0.25) is 9.79 Å². The van der Waals surface area contributed by atoms with Crippen LogP contribution in [-0.2, 0) is 4.79 Å². The first-order valence-electron chi connectivity index (χ1n) is 10.2. The number of halogens is 4. The Morgan fingerprint density at radius 2 is 2.04 bits per heavy atom. The predicted molar refractivity (Wildman–Crippen MR) is 114 cm³/mol. The molecule has 0 radical (unpaired) electrons. The Balaban J connectivity index is 0.00000280. The number of carbonyl (C=O) groups excluding carboxylic acids is 1. The van der Waals surface area contributed by atoms with Gasteiger partial charge in [-0.1, -0.05) is 0 Å². The summed E-state index contributed by atoms with van der Waals surface area (Å²) < 4.78 is 38.5. The summed E-state index contributed by atoms with van der Waals surface area (Å²) in [6, 6.07) is 0. The van der Waals surface area contributed by atoms with Crippen molar-refractivity contribution in [3.8, 4) is 0 Å². The molecule has 9 heteroatoms. The van der Waals surface area contributed by atoms with Crippen molar-refractivity contribution in [2.45, 2.75) is 58.0 Å². The van der Waals surface area contributed by atoms with E-state index in [1.807, 2.05) is 6.92 Å². The van der Waals surface area contributed by atoms with Gasteiger partial charge < -0.3 is 15.5 Å². The Morgan fingerprint density at radius 3 is 2.61 bits per heavy atom. The third-order valence-electron chi connectivity index (χ3n) is 6.30. The topological polar surface area (TPSA) is 56.7 Å². The number of nitrogens with zero attached hydrogens (tertiary/aromatic N) is 2. The van der Waals surface area contributed by atoms with E-state index in [0.29, 0.717) is 25.8 Å². The number of rotatable bonds is 3. The van der Waals surface area contributed by atoms with Gasteiger partial charge in [0.05, 0.1) is 5.92 Å². The summed E-state index contributed by atoms with van der Waals surface area (Å²) >= 11 is 0. The summed E-state index contributed by atoms with van der Waals surface area (Å²) in [7, 11) is 0. The van der Waals surface area contributed by atoms with Crippen molar-refractivity contribution in [3.05, 3.63) is 0 Å². The van der Waals surface area contributed by atoms with E-state index in [2.05, 4.69) is 15.5 Å². The number of hydrogen-bond acceptors (Lipinski definition) is 2. The van der Waals surface area contributed by atoms with Gasteiger partial charge in [0.15, 0.2) is 5.96 Å². The van der Waals surface area contributed by atoms with E-state index in [-0.39, 0.29) is 54.1 Å². The molecule has 5 nitrogen and oxygen atoms in total. The van der Waals surface area contributed by atoms with Crippen molar-refractivity contribution >= 4 is 35.8 Å². The number of hydrogen-bond donors (Lipinski definition) is 2. The van der Waals surface area contributed by atoms with E-state index in [0.717, 1.165) is 45.0 Å². The number of amides is 1. The Hall–Kier alpha value is -0.740. The molecule has 2 N–H and O–H groups in total. The van der Waals surface area contributed by atoms with Crippen LogP contribution in [0.15, 0.2) is 4.99 Å². The Kier molecular flexibility index (Phi) is 8.27. The summed E-state index contributed by atoms with van der Waals surface area (Å²) in [6.45, 7) is 5.78. The molecule has 0 aromatic rings. The van der Waals surface area contributed by atoms with Gasteiger partial charge in [0.2, 0.25) is 5.91 Å². The van der Waals surface area contributed by atoms with Crippen molar-refractivity contribution in [2.75, 3.05) is 32.7 Å². The van der Waals surface area contributed by atoms with Crippen molar-refractivity contribution in [1.29, 1.82) is 0 Å². The minimum absolute atomic E-state index is 0. The number of likely N-dealkylation sites (tertiary alicyclic amines) is 1. The average Bonchev–Trinajstić information content (AvgIpc) is 2.98. The fourth-order valence-electron chi connectivity index (χ4n) is 4.74. The molecule has 162 valence electrons. The molecule has 1 aliphatic carbocycles. The minimum atomic E-state index is -4.06. The smallest absolute Gasteiger partial charge is 0.357 e. The number of piperidine rings is 1. The normalized spacial score (nSPS) is 31.5. The van der Waals surface area contributed by atoms with Gasteiger partial charge in [-0.15, -0.1) is 24.0 Å². The molecule has 1 atom stereocenters. The van der Waals surface area contributed by atoms with Crippen molar-refractivity contribution in [1.82, 2.24) is 15.5 Å². The number of carbonyl (C=O) groups is 1. The summed E-state index contributed by atoms with van der Waals surface area (Å²) in [5, 5.41) is 6.29. The first-order chi connectivity index (χ1) is 12.8. The molecule has 1 unspecified atom stereocenters. The average molecular weight is 516 g/mol. The zero-order valence-electron chi connectivity index (χ0n) is 16.5. The van der Waals surface area contributed by atoms with E-state index in [9.17, 15) is 18.0 Å². The molecule has 2 heterocycles. The quantitative estimate of drug-likeness (QED) is 0.343. The van der Waals surface area contributed by atoms with Crippen LogP contribution in [0, 0.1) is 17.3 Å². The SMILES string of the molecule is CCNC(=NCC1CCC(C(F)(F)F)CC1)N1CCCC2(CNC(=O)C2)C1.I. The minimum Gasteiger partial charge on any atom is -0.357 e. The summed E-state index contributed by atoms with van der Waals surface area (Å²) in [6.07, 6.45) is 0.216. The lowest BCUT2D eigenvalue weighted by molar-refractivity contribution is -0.183. The van der Waals surface area contributed by atoms with Crippen molar-refractivity contribution in [3.63, 3.8) is 0 Å². The molecule has 2 saturated heterocycles. The lowest BCUT2D eigenvalue weighted by Gasteiger charge is -2.41. The van der Waals surface area contributed by atoms with Crippen LogP contribution in [0.2, 0.25) is 0 Å². The van der Waals surface area contributed by atoms with Gasteiger partial charge in [-0.2, -0.15) is 13.2 Å². The lowest BCUT2D eigenvalue weighted by Crippen LogP contribution is -2.51. The molecule has 1 amide bonds. The molecule has 0 aromatic heterocycles. The van der Waals surface area contributed by atoms with Crippen molar-refractivity contribution < 1.29 is 18.0 Å². The molecular formula is C19H32F3IN4O. The fourth-order valence-corrected chi connectivity index (χ4v) is 4.74. The highest BCUT2D eigenvalue weighted by molar-refractivity contribution is 14.0. The van der Waals surface area contributed by atoms with Gasteiger partial charge in [0.25, 0.3) is 0 Å². The Bertz CT molecular complexity index is 564. The molecular weight excluding hydrogens is 484 g/mol. The van der Waals surface area contributed by atoms with Gasteiger partial charge in [-0.05, 0) is 51.4 Å². The lowest BCUT2D eigenvalue weighted by atomic mass is 9.79. The van der Waals surface area contributed by atoms with E-state index < -0.39 is 12.1 Å². The van der Waals surface area contributed by atoms with Gasteiger partial charge in [0, 0.05) is 44.6 Å². The van der Waals surface area contributed by atoms with Crippen LogP contribution in [0.25, 0.3) is 0 Å². The Morgan fingerprint density at radius 1 is 1.32 bits per heavy atom. The molecule has 3 aliphatic rings. The second-order valence-corrected chi connectivity index (χ2v) is 8.43. The monoisotopic (exact) mass is 516 g/mol. The highest BCUT2D eigenvalue weighted by Crippen LogP contribution is 2.40. The third kappa shape index (κ3) is 5.89.